The van der Waals surface area contributed by atoms with Gasteiger partial charge >= 0.3 is 12.1 Å². The highest BCUT2D eigenvalue weighted by Crippen LogP contribution is 2.25. The Kier molecular flexibility index (Phi) is 9.82. The van der Waals surface area contributed by atoms with Crippen LogP contribution < -0.4 is 21.5 Å². The molecule has 3 amide bonds. The van der Waals surface area contributed by atoms with Crippen molar-refractivity contribution in [3.8, 4) is 5.69 Å². The van der Waals surface area contributed by atoms with Crippen LogP contribution in [0.5, 0.6) is 0 Å². The monoisotopic (exact) mass is 591 g/mol. The average molecular weight is 592 g/mol. The summed E-state index contributed by atoms with van der Waals surface area (Å²) in [6, 6.07) is 20.0. The number of urea groups is 1. The van der Waals surface area contributed by atoms with Crippen LogP contribution in [0.1, 0.15) is 45.1 Å². The molecule has 0 saturated heterocycles. The molecule has 42 heavy (non-hydrogen) atoms. The summed E-state index contributed by atoms with van der Waals surface area (Å²) in [7, 11) is 0. The number of hydrogen-bond acceptors (Lipinski definition) is 6. The first-order valence-electron chi connectivity index (χ1n) is 13.5. The van der Waals surface area contributed by atoms with Crippen LogP contribution in [0.2, 0.25) is 5.02 Å². The zero-order chi connectivity index (χ0) is 30.3. The van der Waals surface area contributed by atoms with Crippen molar-refractivity contribution in [1.29, 1.82) is 0 Å². The topological polar surface area (TPSA) is 124 Å². The van der Waals surface area contributed by atoms with Crippen molar-refractivity contribution in [3.05, 3.63) is 99.6 Å². The number of benzene rings is 3. The number of hydrogen-bond donors (Lipinski definition) is 3. The van der Waals surface area contributed by atoms with E-state index in [0.29, 0.717) is 23.4 Å². The Balaban J connectivity index is 1.83. The third kappa shape index (κ3) is 7.86. The smallest absolute Gasteiger partial charge is 0.408 e. The Bertz CT molecular complexity index is 1620. The number of nitrogens with zero attached hydrogens (tertiary/aromatic N) is 2. The van der Waals surface area contributed by atoms with Gasteiger partial charge in [-0.3, -0.25) is 9.36 Å². The number of halogens is 1. The van der Waals surface area contributed by atoms with Gasteiger partial charge in [-0.15, -0.1) is 0 Å². The molecule has 4 aromatic rings. The van der Waals surface area contributed by atoms with Crippen molar-refractivity contribution < 1.29 is 19.1 Å². The number of alkyl carbamates (subject to hydrolysis) is 1. The number of nitrogens with one attached hydrogen (secondary N) is 3. The highest BCUT2D eigenvalue weighted by molar-refractivity contribution is 6.35. The van der Waals surface area contributed by atoms with E-state index in [9.17, 15) is 14.4 Å². The lowest BCUT2D eigenvalue weighted by Crippen LogP contribution is -2.39. The molecule has 3 N–H and O–H groups in total. The van der Waals surface area contributed by atoms with Crippen LogP contribution in [-0.4, -0.2) is 40.4 Å². The summed E-state index contributed by atoms with van der Waals surface area (Å²) in [4.78, 5) is 44.0. The first-order valence-corrected chi connectivity index (χ1v) is 13.9. The van der Waals surface area contributed by atoms with Crippen molar-refractivity contribution in [3.63, 3.8) is 0 Å². The molecule has 0 saturated carbocycles. The van der Waals surface area contributed by atoms with E-state index < -0.39 is 23.3 Å². The normalized spacial score (nSPS) is 12.0. The number of fused-ring (bicyclic) bond motifs is 1. The van der Waals surface area contributed by atoms with Gasteiger partial charge in [-0.25, -0.2) is 14.6 Å². The Morgan fingerprint density at radius 1 is 1.02 bits per heavy atom. The van der Waals surface area contributed by atoms with Crippen LogP contribution in [0, 0.1) is 0 Å². The minimum Gasteiger partial charge on any atom is -0.444 e. The molecule has 0 fully saturated rings. The number of aromatic nitrogens is 2. The Morgan fingerprint density at radius 2 is 1.76 bits per heavy atom. The zero-order valence-electron chi connectivity index (χ0n) is 23.9. The SMILES string of the molecule is CCNC(=O)Nc1cccc(-n2c([C@H](COCc3ccccc3)NC(=O)OC(C)(C)C)nc3cccc(Cl)c3c2=O)c1. The molecule has 0 radical (unpaired) electrons. The van der Waals surface area contributed by atoms with Crippen LogP contribution in [0.3, 0.4) is 0 Å². The fraction of sp³-hybridized carbons (Fsp3) is 0.290. The molecular formula is C31H34ClN5O5. The summed E-state index contributed by atoms with van der Waals surface area (Å²) in [5, 5.41) is 8.71. The van der Waals surface area contributed by atoms with E-state index in [1.807, 2.05) is 37.3 Å². The van der Waals surface area contributed by atoms with Crippen LogP contribution in [0.15, 0.2) is 77.6 Å². The van der Waals surface area contributed by atoms with E-state index in [0.717, 1.165) is 5.56 Å². The van der Waals surface area contributed by atoms with Crippen LogP contribution in [0.25, 0.3) is 16.6 Å². The van der Waals surface area contributed by atoms with Crippen molar-refractivity contribution >= 4 is 40.3 Å². The van der Waals surface area contributed by atoms with Crippen LogP contribution >= 0.6 is 11.6 Å². The van der Waals surface area contributed by atoms with Gasteiger partial charge in [0.1, 0.15) is 17.5 Å². The van der Waals surface area contributed by atoms with Gasteiger partial charge in [0, 0.05) is 12.2 Å². The van der Waals surface area contributed by atoms with Gasteiger partial charge in [-0.1, -0.05) is 54.1 Å². The largest absolute Gasteiger partial charge is 0.444 e. The van der Waals surface area contributed by atoms with Gasteiger partial charge in [-0.2, -0.15) is 0 Å². The molecule has 3 aromatic carbocycles. The van der Waals surface area contributed by atoms with E-state index >= 15 is 0 Å². The van der Waals surface area contributed by atoms with Crippen molar-refractivity contribution in [2.75, 3.05) is 18.5 Å². The number of rotatable bonds is 9. The molecule has 1 heterocycles. The maximum absolute atomic E-state index is 14.1. The Morgan fingerprint density at radius 3 is 2.48 bits per heavy atom. The second kappa shape index (κ2) is 13.5. The molecule has 4 rings (SSSR count). The maximum Gasteiger partial charge on any atom is 0.408 e. The van der Waals surface area contributed by atoms with E-state index in [1.54, 1.807) is 63.2 Å². The average Bonchev–Trinajstić information content (AvgIpc) is 2.92. The number of amides is 3. The predicted molar refractivity (Wildman–Crippen MR) is 163 cm³/mol. The highest BCUT2D eigenvalue weighted by atomic mass is 35.5. The molecule has 10 nitrogen and oxygen atoms in total. The van der Waals surface area contributed by atoms with Gasteiger partial charge < -0.3 is 25.4 Å². The summed E-state index contributed by atoms with van der Waals surface area (Å²) in [6.07, 6.45) is -0.700. The molecule has 0 aliphatic rings. The van der Waals surface area contributed by atoms with Gasteiger partial charge in [0.2, 0.25) is 0 Å². The standard InChI is InChI=1S/C31H34ClN5O5/c1-5-33-29(39)34-21-13-9-14-22(17-21)37-27(35-24-16-10-15-23(32)26(24)28(37)38)25(36-30(40)42-31(2,3)4)19-41-18-20-11-7-6-8-12-20/h6-17,25H,5,18-19H2,1-4H3,(H,36,40)(H2,33,34,39)/t25-/m0/s1. The van der Waals surface area contributed by atoms with E-state index in [-0.39, 0.29) is 35.5 Å². The van der Waals surface area contributed by atoms with Gasteiger partial charge in [0.15, 0.2) is 0 Å². The minimum atomic E-state index is -0.903. The lowest BCUT2D eigenvalue weighted by atomic mass is 10.2. The van der Waals surface area contributed by atoms with E-state index in [4.69, 9.17) is 26.1 Å². The third-order valence-corrected chi connectivity index (χ3v) is 6.29. The molecule has 220 valence electrons. The molecule has 0 bridgehead atoms. The third-order valence-electron chi connectivity index (χ3n) is 5.97. The van der Waals surface area contributed by atoms with E-state index in [2.05, 4.69) is 16.0 Å². The van der Waals surface area contributed by atoms with Gasteiger partial charge in [-0.05, 0) is 63.6 Å². The van der Waals surface area contributed by atoms with Crippen molar-refractivity contribution in [2.45, 2.75) is 45.9 Å². The molecule has 11 heteroatoms. The molecule has 0 unspecified atom stereocenters. The van der Waals surface area contributed by atoms with Crippen LogP contribution in [-0.2, 0) is 16.1 Å². The number of ether oxygens (including phenoxy) is 2. The van der Waals surface area contributed by atoms with Gasteiger partial charge in [0.25, 0.3) is 5.56 Å². The summed E-state index contributed by atoms with van der Waals surface area (Å²) >= 11 is 6.46. The highest BCUT2D eigenvalue weighted by Gasteiger charge is 2.27. The summed E-state index contributed by atoms with van der Waals surface area (Å²) in [5.74, 6) is 0.198. The predicted octanol–water partition coefficient (Wildman–Crippen LogP) is 5.96. The maximum atomic E-state index is 14.1. The molecule has 1 atom stereocenters. The molecule has 0 spiro atoms. The lowest BCUT2D eigenvalue weighted by Gasteiger charge is -2.25. The number of carbonyl (C=O) groups is 2. The fourth-order valence-electron chi connectivity index (χ4n) is 4.25. The number of carbonyl (C=O) groups excluding carboxylic acids is 2. The minimum absolute atomic E-state index is 0.0243. The summed E-state index contributed by atoms with van der Waals surface area (Å²) < 4.78 is 12.9. The Labute approximate surface area is 249 Å². The van der Waals surface area contributed by atoms with Crippen molar-refractivity contribution in [2.24, 2.45) is 0 Å². The lowest BCUT2D eigenvalue weighted by molar-refractivity contribution is 0.0418. The van der Waals surface area contributed by atoms with Gasteiger partial charge in [0.05, 0.1) is 34.8 Å². The molecule has 0 aliphatic carbocycles. The zero-order valence-corrected chi connectivity index (χ0v) is 24.7. The Hall–Kier alpha value is -4.41. The summed E-state index contributed by atoms with van der Waals surface area (Å²) in [6.45, 7) is 7.77. The van der Waals surface area contributed by atoms with E-state index in [1.165, 1.54) is 4.57 Å². The quantitative estimate of drug-likeness (QED) is 0.221. The second-order valence-corrected chi connectivity index (χ2v) is 10.9. The first-order chi connectivity index (χ1) is 20.1. The molecular weight excluding hydrogens is 558 g/mol. The fourth-order valence-corrected chi connectivity index (χ4v) is 4.50. The molecule has 0 aliphatic heterocycles. The van der Waals surface area contributed by atoms with Crippen molar-refractivity contribution in [1.82, 2.24) is 20.2 Å². The first kappa shape index (κ1) is 30.5. The number of anilines is 1. The second-order valence-electron chi connectivity index (χ2n) is 10.5. The summed E-state index contributed by atoms with van der Waals surface area (Å²) in [5.41, 5.74) is 0.936. The molecule has 1 aromatic heterocycles. The van der Waals surface area contributed by atoms with Crippen LogP contribution in [0.4, 0.5) is 15.3 Å².